The number of Topliss-reactive ketones (excluding diaryl/α,β-unsaturated/α-hetero) is 2. The van der Waals surface area contributed by atoms with Gasteiger partial charge in [-0.25, -0.2) is 0 Å². The number of rotatable bonds is 16. The van der Waals surface area contributed by atoms with E-state index in [1.807, 2.05) is 116 Å². The summed E-state index contributed by atoms with van der Waals surface area (Å²) in [5.74, 6) is -0.845. The zero-order chi connectivity index (χ0) is 40.6. The van der Waals surface area contributed by atoms with E-state index < -0.39 is 12.2 Å². The van der Waals surface area contributed by atoms with Crippen LogP contribution < -0.4 is 0 Å². The van der Waals surface area contributed by atoms with Gasteiger partial charge in [0.2, 0.25) is 0 Å². The molecule has 2 aliphatic carbocycles. The molecule has 2 aliphatic rings. The highest BCUT2D eigenvalue weighted by molar-refractivity contribution is 6.02. The summed E-state index contributed by atoms with van der Waals surface area (Å²) in [5, 5.41) is 0. The lowest BCUT2D eigenvalue weighted by Gasteiger charge is -2.36. The molecule has 0 heterocycles. The van der Waals surface area contributed by atoms with Crippen LogP contribution in [0.1, 0.15) is 122 Å². The Kier molecular flexibility index (Phi) is 18.0. The van der Waals surface area contributed by atoms with Gasteiger partial charge in [-0.2, -0.15) is 0 Å². The molecule has 0 aromatic rings. The van der Waals surface area contributed by atoms with Gasteiger partial charge in [0.1, 0.15) is 0 Å². The first-order chi connectivity index (χ1) is 25.3. The van der Waals surface area contributed by atoms with Crippen LogP contribution >= 0.6 is 0 Å². The molecule has 0 bridgehead atoms. The van der Waals surface area contributed by atoms with E-state index >= 15 is 0 Å². The fraction of sp³-hybridized carbons (Fsp3) is 0.458. The molecule has 0 saturated heterocycles. The van der Waals surface area contributed by atoms with E-state index in [-0.39, 0.29) is 34.3 Å². The first kappa shape index (κ1) is 45.6. The maximum atomic E-state index is 13.0. The zero-order valence-corrected chi connectivity index (χ0v) is 34.9. The lowest BCUT2D eigenvalue weighted by molar-refractivity contribution is -0.156. The van der Waals surface area contributed by atoms with E-state index in [1.165, 1.54) is 0 Å². The molecule has 0 N–H and O–H groups in total. The fourth-order valence-electron chi connectivity index (χ4n) is 6.60. The van der Waals surface area contributed by atoms with Gasteiger partial charge < -0.3 is 9.47 Å². The smallest absolute Gasteiger partial charge is 0.306 e. The van der Waals surface area contributed by atoms with Gasteiger partial charge in [0.05, 0.1) is 0 Å². The standard InChI is InChI=1S/C48H64O6/c1-13-19-43(49)53-41-31-47(9,10)39(37(7)45(41)51)29-27-35(5)25-17-23-33(3)21-15-16-22-34(4)24-18-26-36(6)28-30-40-38(8)46(52)42(32-48(40,11)12)54-44(50)20-14-2/h15-18,21-30,41-42H,13-14,19-20,31-32H2,1-12H3. The third-order valence-corrected chi connectivity index (χ3v) is 9.73. The summed E-state index contributed by atoms with van der Waals surface area (Å²) in [6, 6.07) is 0. The van der Waals surface area contributed by atoms with Crippen molar-refractivity contribution >= 4 is 23.5 Å². The summed E-state index contributed by atoms with van der Waals surface area (Å²) in [7, 11) is 0. The monoisotopic (exact) mass is 736 g/mol. The minimum Gasteiger partial charge on any atom is -0.454 e. The van der Waals surface area contributed by atoms with Gasteiger partial charge in [-0.15, -0.1) is 0 Å². The number of carbonyl (C=O) groups excluding carboxylic acids is 4. The van der Waals surface area contributed by atoms with E-state index in [1.54, 1.807) is 0 Å². The molecular formula is C48H64O6. The summed E-state index contributed by atoms with van der Waals surface area (Å²) < 4.78 is 11.0. The Morgan fingerprint density at radius 3 is 1.22 bits per heavy atom. The van der Waals surface area contributed by atoms with Gasteiger partial charge in [-0.1, -0.05) is 149 Å². The molecule has 0 spiro atoms. The minimum absolute atomic E-state index is 0.109. The Balaban J connectivity index is 1.98. The quantitative estimate of drug-likeness (QED) is 0.116. The molecule has 292 valence electrons. The van der Waals surface area contributed by atoms with Gasteiger partial charge in [-0.3, -0.25) is 19.2 Å². The van der Waals surface area contributed by atoms with Gasteiger partial charge in [-0.05, 0) is 87.5 Å². The van der Waals surface area contributed by atoms with E-state index in [4.69, 9.17) is 9.47 Å². The number of ether oxygens (including phenoxy) is 2. The summed E-state index contributed by atoms with van der Waals surface area (Å²) in [6.07, 6.45) is 30.0. The number of allylic oxidation sites excluding steroid dienone is 20. The van der Waals surface area contributed by atoms with Crippen molar-refractivity contribution < 1.29 is 28.7 Å². The molecule has 0 aliphatic heterocycles. The SMILES string of the molecule is CCCC(=O)OC1CC(C)(C)C(C=CC(C)=CC=CC(C)=CC=CC=C(C)C=CC=C(C)C=CC2=C(C)C(=O)C(OC(=O)CCC)CC2(C)C)=C(C)C1=O. The van der Waals surface area contributed by atoms with E-state index in [0.717, 1.165) is 33.4 Å². The predicted octanol–water partition coefficient (Wildman–Crippen LogP) is 11.6. The molecule has 0 saturated carbocycles. The lowest BCUT2D eigenvalue weighted by atomic mass is 9.71. The van der Waals surface area contributed by atoms with Crippen LogP contribution in [-0.4, -0.2) is 35.7 Å². The first-order valence-corrected chi connectivity index (χ1v) is 19.3. The van der Waals surface area contributed by atoms with Crippen LogP contribution in [-0.2, 0) is 28.7 Å². The highest BCUT2D eigenvalue weighted by Gasteiger charge is 2.41. The van der Waals surface area contributed by atoms with Crippen LogP contribution in [0.3, 0.4) is 0 Å². The van der Waals surface area contributed by atoms with Crippen molar-refractivity contribution in [2.75, 3.05) is 0 Å². The average Bonchev–Trinajstić information content (AvgIpc) is 3.07. The predicted molar refractivity (Wildman–Crippen MR) is 223 cm³/mol. The van der Waals surface area contributed by atoms with Crippen molar-refractivity contribution in [2.24, 2.45) is 10.8 Å². The van der Waals surface area contributed by atoms with Gasteiger partial charge in [0, 0.05) is 25.7 Å². The summed E-state index contributed by atoms with van der Waals surface area (Å²) >= 11 is 0. The van der Waals surface area contributed by atoms with Crippen LogP contribution in [0.5, 0.6) is 0 Å². The number of esters is 2. The first-order valence-electron chi connectivity index (χ1n) is 19.3. The van der Waals surface area contributed by atoms with Gasteiger partial charge >= 0.3 is 11.9 Å². The third kappa shape index (κ3) is 14.3. The van der Waals surface area contributed by atoms with Crippen molar-refractivity contribution in [1.29, 1.82) is 0 Å². The van der Waals surface area contributed by atoms with Crippen molar-refractivity contribution in [2.45, 2.75) is 134 Å². The molecule has 54 heavy (non-hydrogen) atoms. The van der Waals surface area contributed by atoms with Crippen LogP contribution in [0.2, 0.25) is 0 Å². The van der Waals surface area contributed by atoms with Crippen LogP contribution in [0.4, 0.5) is 0 Å². The third-order valence-electron chi connectivity index (χ3n) is 9.73. The van der Waals surface area contributed by atoms with Crippen molar-refractivity contribution in [3.63, 3.8) is 0 Å². The highest BCUT2D eigenvalue weighted by atomic mass is 16.6. The average molecular weight is 737 g/mol. The van der Waals surface area contributed by atoms with Crippen LogP contribution in [0.25, 0.3) is 0 Å². The lowest BCUT2D eigenvalue weighted by Crippen LogP contribution is -2.38. The summed E-state index contributed by atoms with van der Waals surface area (Å²) in [5.41, 5.74) is 6.99. The Hall–Kier alpha value is -4.58. The summed E-state index contributed by atoms with van der Waals surface area (Å²) in [4.78, 5) is 50.0. The molecule has 0 radical (unpaired) electrons. The van der Waals surface area contributed by atoms with E-state index in [2.05, 4.69) is 52.0 Å². The van der Waals surface area contributed by atoms with E-state index in [0.29, 0.717) is 49.7 Å². The van der Waals surface area contributed by atoms with Crippen molar-refractivity contribution in [1.82, 2.24) is 0 Å². The second-order valence-corrected chi connectivity index (χ2v) is 15.9. The Bertz CT molecular complexity index is 1620. The van der Waals surface area contributed by atoms with Crippen molar-refractivity contribution in [3.8, 4) is 0 Å². The van der Waals surface area contributed by atoms with Crippen LogP contribution in [0, 0.1) is 10.8 Å². The maximum absolute atomic E-state index is 13.0. The molecule has 0 amide bonds. The van der Waals surface area contributed by atoms with Crippen LogP contribution in [0.15, 0.2) is 130 Å². The Morgan fingerprint density at radius 2 is 0.889 bits per heavy atom. The molecular weight excluding hydrogens is 673 g/mol. The molecule has 0 fully saturated rings. The Labute approximate surface area is 325 Å². The Morgan fingerprint density at radius 1 is 0.574 bits per heavy atom. The molecule has 2 unspecified atom stereocenters. The second-order valence-electron chi connectivity index (χ2n) is 15.9. The largest absolute Gasteiger partial charge is 0.454 e. The van der Waals surface area contributed by atoms with Gasteiger partial charge in [0.15, 0.2) is 23.8 Å². The summed E-state index contributed by atoms with van der Waals surface area (Å²) in [6.45, 7) is 24.0. The van der Waals surface area contributed by atoms with Crippen molar-refractivity contribution in [3.05, 3.63) is 130 Å². The highest BCUT2D eigenvalue weighted by Crippen LogP contribution is 2.42. The van der Waals surface area contributed by atoms with E-state index in [9.17, 15) is 19.2 Å². The number of hydrogen-bond acceptors (Lipinski definition) is 6. The molecule has 0 aromatic carbocycles. The van der Waals surface area contributed by atoms with Gasteiger partial charge in [0.25, 0.3) is 0 Å². The minimum atomic E-state index is -0.713. The molecule has 6 heteroatoms. The topological polar surface area (TPSA) is 86.7 Å². The second kappa shape index (κ2) is 21.3. The molecule has 2 rings (SSSR count). The number of hydrogen-bond donors (Lipinski definition) is 0. The molecule has 6 nitrogen and oxygen atoms in total. The molecule has 0 aromatic heterocycles. The number of ketones is 2. The maximum Gasteiger partial charge on any atom is 0.306 e. The normalized spacial score (nSPS) is 21.9. The zero-order valence-electron chi connectivity index (χ0n) is 34.9. The fourth-order valence-corrected chi connectivity index (χ4v) is 6.60. The molecule has 2 atom stereocenters. The number of carbonyl (C=O) groups is 4.